The first-order valence-electron chi connectivity index (χ1n) is 8.78. The van der Waals surface area contributed by atoms with Crippen molar-refractivity contribution >= 4 is 29.2 Å². The van der Waals surface area contributed by atoms with Gasteiger partial charge in [-0.3, -0.25) is 4.79 Å². The van der Waals surface area contributed by atoms with Crippen LogP contribution in [0.1, 0.15) is 32.1 Å². The van der Waals surface area contributed by atoms with Crippen molar-refractivity contribution < 1.29 is 19.4 Å². The molecule has 0 unspecified atom stereocenters. The average Bonchev–Trinajstić information content (AvgIpc) is 2.68. The van der Waals surface area contributed by atoms with E-state index in [1.54, 1.807) is 24.3 Å². The van der Waals surface area contributed by atoms with Crippen molar-refractivity contribution in [3.63, 3.8) is 0 Å². The number of amides is 1. The smallest absolute Gasteiger partial charge is 0.337 e. The summed E-state index contributed by atoms with van der Waals surface area (Å²) in [6.07, 6.45) is 0. The fraction of sp³-hybridized carbons (Fsp3) is 0.143. The number of benzene rings is 2. The molecule has 8 nitrogen and oxygen atoms in total. The number of carbonyl (C=O) groups is 2. The monoisotopic (exact) mass is 392 g/mol. The fourth-order valence-electron chi connectivity index (χ4n) is 2.69. The Bertz CT molecular complexity index is 1040. The highest BCUT2D eigenvalue weighted by Gasteiger charge is 2.12. The highest BCUT2D eigenvalue weighted by molar-refractivity contribution is 6.05. The Morgan fingerprint density at radius 2 is 1.55 bits per heavy atom. The van der Waals surface area contributed by atoms with Crippen LogP contribution < -0.4 is 10.6 Å². The molecule has 2 aromatic carbocycles. The van der Waals surface area contributed by atoms with Crippen LogP contribution in [0.4, 0.5) is 17.3 Å². The van der Waals surface area contributed by atoms with Crippen LogP contribution in [0.3, 0.4) is 0 Å². The number of esters is 1. The minimum atomic E-state index is -0.575. The third kappa shape index (κ3) is 4.86. The molecule has 3 aromatic rings. The standard InChI is InChI=1S/C21H20N4O4/c1-12-10-13(2)23-21(22-12)24-16-7-4-14(5-8-16)19(27)25-17-9-6-15(11-18(17)26)20(28)29-3/h4-11,26H,1-3H3,(H,25,27)(H,22,23,24). The summed E-state index contributed by atoms with van der Waals surface area (Å²) < 4.78 is 4.60. The van der Waals surface area contributed by atoms with Gasteiger partial charge in [-0.2, -0.15) is 0 Å². The molecule has 1 heterocycles. The van der Waals surface area contributed by atoms with E-state index in [4.69, 9.17) is 0 Å². The number of nitrogens with zero attached hydrogens (tertiary/aromatic N) is 2. The Morgan fingerprint density at radius 1 is 0.931 bits per heavy atom. The van der Waals surface area contributed by atoms with Crippen molar-refractivity contribution in [2.75, 3.05) is 17.7 Å². The summed E-state index contributed by atoms with van der Waals surface area (Å²) in [6, 6.07) is 12.8. The van der Waals surface area contributed by atoms with Gasteiger partial charge in [0.15, 0.2) is 0 Å². The molecule has 0 saturated carbocycles. The number of aromatic hydroxyl groups is 1. The van der Waals surface area contributed by atoms with Gasteiger partial charge in [-0.25, -0.2) is 14.8 Å². The summed E-state index contributed by atoms with van der Waals surface area (Å²) in [5.41, 5.74) is 3.22. The van der Waals surface area contributed by atoms with E-state index in [-0.39, 0.29) is 17.0 Å². The molecule has 148 valence electrons. The lowest BCUT2D eigenvalue weighted by molar-refractivity contribution is 0.0600. The Hall–Kier alpha value is -3.94. The van der Waals surface area contributed by atoms with Gasteiger partial charge in [0, 0.05) is 22.6 Å². The molecule has 0 bridgehead atoms. The molecule has 0 radical (unpaired) electrons. The number of anilines is 3. The summed E-state index contributed by atoms with van der Waals surface area (Å²) in [6.45, 7) is 3.78. The molecule has 1 aromatic heterocycles. The maximum Gasteiger partial charge on any atom is 0.337 e. The lowest BCUT2D eigenvalue weighted by atomic mass is 10.1. The minimum Gasteiger partial charge on any atom is -0.506 e. The zero-order chi connectivity index (χ0) is 21.0. The number of rotatable bonds is 5. The van der Waals surface area contributed by atoms with Crippen molar-refractivity contribution in [2.45, 2.75) is 13.8 Å². The molecule has 3 rings (SSSR count). The minimum absolute atomic E-state index is 0.187. The van der Waals surface area contributed by atoms with E-state index in [0.29, 0.717) is 11.5 Å². The molecule has 8 heteroatoms. The van der Waals surface area contributed by atoms with Crippen LogP contribution in [0.5, 0.6) is 5.75 Å². The van der Waals surface area contributed by atoms with Gasteiger partial charge in [0.25, 0.3) is 5.91 Å². The fourth-order valence-corrected chi connectivity index (χ4v) is 2.69. The number of nitrogens with one attached hydrogen (secondary N) is 2. The Balaban J connectivity index is 1.70. The second-order valence-corrected chi connectivity index (χ2v) is 6.35. The first-order valence-corrected chi connectivity index (χ1v) is 8.78. The number of phenols is 1. The van der Waals surface area contributed by atoms with Crippen LogP contribution >= 0.6 is 0 Å². The first kappa shape index (κ1) is 19.8. The molecule has 0 aliphatic heterocycles. The van der Waals surface area contributed by atoms with Crippen molar-refractivity contribution in [3.8, 4) is 5.75 Å². The third-order valence-electron chi connectivity index (χ3n) is 4.05. The number of aryl methyl sites for hydroxylation is 2. The Labute approximate surface area is 167 Å². The van der Waals surface area contributed by atoms with E-state index in [1.807, 2.05) is 19.9 Å². The largest absolute Gasteiger partial charge is 0.506 e. The van der Waals surface area contributed by atoms with Crippen molar-refractivity contribution in [1.29, 1.82) is 0 Å². The van der Waals surface area contributed by atoms with Gasteiger partial charge in [0.1, 0.15) is 5.75 Å². The van der Waals surface area contributed by atoms with Gasteiger partial charge in [-0.1, -0.05) is 0 Å². The lowest BCUT2D eigenvalue weighted by Crippen LogP contribution is -2.12. The third-order valence-corrected chi connectivity index (χ3v) is 4.05. The summed E-state index contributed by atoms with van der Waals surface area (Å²) in [7, 11) is 1.25. The molecule has 0 spiro atoms. The van der Waals surface area contributed by atoms with Crippen LogP contribution in [0.2, 0.25) is 0 Å². The van der Waals surface area contributed by atoms with Crippen molar-refractivity contribution in [1.82, 2.24) is 9.97 Å². The van der Waals surface area contributed by atoms with Gasteiger partial charge in [-0.15, -0.1) is 0 Å². The van der Waals surface area contributed by atoms with Crippen molar-refractivity contribution in [3.05, 3.63) is 71.0 Å². The molecule has 3 N–H and O–H groups in total. The lowest BCUT2D eigenvalue weighted by Gasteiger charge is -2.10. The summed E-state index contributed by atoms with van der Waals surface area (Å²) in [5.74, 6) is -0.726. The van der Waals surface area contributed by atoms with Gasteiger partial charge in [0.05, 0.1) is 18.4 Å². The number of methoxy groups -OCH3 is 1. The average molecular weight is 392 g/mol. The Kier molecular flexibility index (Phi) is 5.73. The molecule has 0 saturated heterocycles. The van der Waals surface area contributed by atoms with Crippen LogP contribution in [0.25, 0.3) is 0 Å². The number of carbonyl (C=O) groups excluding carboxylic acids is 2. The molecule has 29 heavy (non-hydrogen) atoms. The van der Waals surface area contributed by atoms with Gasteiger partial charge in [0.2, 0.25) is 5.95 Å². The zero-order valence-corrected chi connectivity index (χ0v) is 16.2. The molecule has 0 aliphatic rings. The van der Waals surface area contributed by atoms with Crippen LogP contribution in [-0.2, 0) is 4.74 Å². The van der Waals surface area contributed by atoms with Gasteiger partial charge < -0.3 is 20.5 Å². The molecular weight excluding hydrogens is 372 g/mol. The predicted molar refractivity (Wildman–Crippen MR) is 109 cm³/mol. The van der Waals surface area contributed by atoms with E-state index >= 15 is 0 Å². The quantitative estimate of drug-likeness (QED) is 0.449. The maximum atomic E-state index is 12.4. The number of aromatic nitrogens is 2. The number of hydrogen-bond donors (Lipinski definition) is 3. The van der Waals surface area contributed by atoms with E-state index in [0.717, 1.165) is 17.1 Å². The highest BCUT2D eigenvalue weighted by atomic mass is 16.5. The maximum absolute atomic E-state index is 12.4. The second kappa shape index (κ2) is 8.39. The SMILES string of the molecule is COC(=O)c1ccc(NC(=O)c2ccc(Nc3nc(C)cc(C)n3)cc2)c(O)c1. The molecule has 1 amide bonds. The molecule has 0 aliphatic carbocycles. The number of hydrogen-bond acceptors (Lipinski definition) is 7. The van der Waals surface area contributed by atoms with Gasteiger partial charge in [-0.05, 0) is 62.4 Å². The van der Waals surface area contributed by atoms with Crippen LogP contribution in [0.15, 0.2) is 48.5 Å². The zero-order valence-electron chi connectivity index (χ0n) is 16.2. The molecular formula is C21H20N4O4. The highest BCUT2D eigenvalue weighted by Crippen LogP contribution is 2.25. The predicted octanol–water partition coefficient (Wildman–Crippen LogP) is 3.58. The number of phenolic OH excluding ortho intramolecular Hbond substituents is 1. The normalized spacial score (nSPS) is 10.3. The van der Waals surface area contributed by atoms with Gasteiger partial charge >= 0.3 is 5.97 Å². The molecule has 0 fully saturated rings. The van der Waals surface area contributed by atoms with E-state index in [1.165, 1.54) is 25.3 Å². The molecule has 0 atom stereocenters. The number of ether oxygens (including phenoxy) is 1. The first-order chi connectivity index (χ1) is 13.9. The Morgan fingerprint density at radius 3 is 2.14 bits per heavy atom. The van der Waals surface area contributed by atoms with Crippen molar-refractivity contribution in [2.24, 2.45) is 0 Å². The van der Waals surface area contributed by atoms with E-state index in [2.05, 4.69) is 25.3 Å². The van der Waals surface area contributed by atoms with E-state index in [9.17, 15) is 14.7 Å². The van der Waals surface area contributed by atoms with Crippen LogP contribution in [0, 0.1) is 13.8 Å². The van der Waals surface area contributed by atoms with E-state index < -0.39 is 11.9 Å². The summed E-state index contributed by atoms with van der Waals surface area (Å²) in [4.78, 5) is 32.6. The van der Waals surface area contributed by atoms with Crippen LogP contribution in [-0.4, -0.2) is 34.1 Å². The summed E-state index contributed by atoms with van der Waals surface area (Å²) >= 11 is 0. The topological polar surface area (TPSA) is 113 Å². The second-order valence-electron chi connectivity index (χ2n) is 6.35. The summed E-state index contributed by atoms with van der Waals surface area (Å²) in [5, 5.41) is 15.7.